The van der Waals surface area contributed by atoms with Crippen LogP contribution >= 0.6 is 0 Å². The first-order valence-corrected chi connectivity index (χ1v) is 4.44. The van der Waals surface area contributed by atoms with Gasteiger partial charge in [-0.15, -0.1) is 5.10 Å². The second-order valence-corrected chi connectivity index (χ2v) is 3.15. The molecular formula is C10H11N3O2. The minimum absolute atomic E-state index is 0.154. The van der Waals surface area contributed by atoms with Crippen LogP contribution in [0.15, 0.2) is 22.6 Å². The van der Waals surface area contributed by atoms with E-state index in [-0.39, 0.29) is 6.08 Å². The number of aromatic nitrogens is 2. The third kappa shape index (κ3) is 1.76. The van der Waals surface area contributed by atoms with Gasteiger partial charge in [-0.2, -0.15) is 0 Å². The summed E-state index contributed by atoms with van der Waals surface area (Å²) in [5.41, 5.74) is 8.20. The lowest BCUT2D eigenvalue weighted by Gasteiger charge is -2.01. The number of ether oxygens (including phenoxy) is 1. The molecule has 0 saturated heterocycles. The molecule has 5 heteroatoms. The highest BCUT2D eigenvalue weighted by molar-refractivity contribution is 5.62. The third-order valence-electron chi connectivity index (χ3n) is 2.06. The molecule has 0 atom stereocenters. The Bertz CT molecular complexity index is 479. The summed E-state index contributed by atoms with van der Waals surface area (Å²) in [6, 6.07) is 5.49. The van der Waals surface area contributed by atoms with Crippen molar-refractivity contribution in [1.82, 2.24) is 10.2 Å². The molecule has 0 aliphatic carbocycles. The largest absolute Gasteiger partial charge is 0.452 e. The lowest BCUT2D eigenvalue weighted by molar-refractivity contribution is 0.293. The van der Waals surface area contributed by atoms with Gasteiger partial charge in [0.05, 0.1) is 7.11 Å². The van der Waals surface area contributed by atoms with Gasteiger partial charge >= 0.3 is 6.08 Å². The third-order valence-corrected chi connectivity index (χ3v) is 2.06. The Hall–Kier alpha value is -2.04. The van der Waals surface area contributed by atoms with Gasteiger partial charge in [-0.05, 0) is 30.7 Å². The van der Waals surface area contributed by atoms with E-state index in [1.54, 1.807) is 6.07 Å². The molecule has 1 aromatic heterocycles. The highest BCUT2D eigenvalue weighted by atomic mass is 16.6. The molecule has 0 aliphatic heterocycles. The zero-order valence-corrected chi connectivity index (χ0v) is 8.52. The van der Waals surface area contributed by atoms with Crippen LogP contribution in [0.3, 0.4) is 0 Å². The molecular weight excluding hydrogens is 194 g/mol. The zero-order valence-electron chi connectivity index (χ0n) is 8.52. The molecule has 5 nitrogen and oxygen atoms in total. The number of nitrogens with zero attached hydrogens (tertiary/aromatic N) is 2. The maximum absolute atomic E-state index is 5.65. The topological polar surface area (TPSA) is 74.2 Å². The van der Waals surface area contributed by atoms with E-state index < -0.39 is 0 Å². The van der Waals surface area contributed by atoms with E-state index in [2.05, 4.69) is 10.2 Å². The van der Waals surface area contributed by atoms with Gasteiger partial charge in [-0.25, -0.2) is 0 Å². The molecule has 0 spiro atoms. The summed E-state index contributed by atoms with van der Waals surface area (Å²) in [5, 5.41) is 7.57. The van der Waals surface area contributed by atoms with E-state index in [9.17, 15) is 0 Å². The lowest BCUT2D eigenvalue weighted by Crippen LogP contribution is -1.88. The maximum atomic E-state index is 5.65. The van der Waals surface area contributed by atoms with Crippen LogP contribution in [-0.2, 0) is 0 Å². The van der Waals surface area contributed by atoms with E-state index in [1.165, 1.54) is 7.11 Å². The van der Waals surface area contributed by atoms with Crippen molar-refractivity contribution in [2.45, 2.75) is 6.92 Å². The minimum atomic E-state index is 0.154. The smallest absolute Gasteiger partial charge is 0.414 e. The molecule has 0 aliphatic rings. The van der Waals surface area contributed by atoms with Crippen molar-refractivity contribution in [3.63, 3.8) is 0 Å². The minimum Gasteiger partial charge on any atom is -0.452 e. The monoisotopic (exact) mass is 205 g/mol. The Morgan fingerprint density at radius 1 is 1.33 bits per heavy atom. The summed E-state index contributed by atoms with van der Waals surface area (Å²) in [4.78, 5) is 0. The molecule has 0 fully saturated rings. The van der Waals surface area contributed by atoms with Gasteiger partial charge in [0.25, 0.3) is 5.89 Å². The molecule has 0 amide bonds. The first kappa shape index (κ1) is 9.51. The van der Waals surface area contributed by atoms with E-state index in [4.69, 9.17) is 14.9 Å². The predicted molar refractivity (Wildman–Crippen MR) is 55.4 cm³/mol. The molecule has 0 unspecified atom stereocenters. The molecule has 2 aromatic rings. The average Bonchev–Trinajstić information content (AvgIpc) is 2.66. The molecule has 78 valence electrons. The van der Waals surface area contributed by atoms with E-state index >= 15 is 0 Å². The summed E-state index contributed by atoms with van der Waals surface area (Å²) >= 11 is 0. The summed E-state index contributed by atoms with van der Waals surface area (Å²) in [5.74, 6) is 0.435. The van der Waals surface area contributed by atoms with Crippen LogP contribution in [0.25, 0.3) is 11.5 Å². The summed E-state index contributed by atoms with van der Waals surface area (Å²) in [7, 11) is 1.48. The second-order valence-electron chi connectivity index (χ2n) is 3.15. The zero-order chi connectivity index (χ0) is 10.8. The van der Waals surface area contributed by atoms with Gasteiger partial charge in [0.15, 0.2) is 0 Å². The maximum Gasteiger partial charge on any atom is 0.414 e. The number of rotatable bonds is 2. The fraction of sp³-hybridized carbons (Fsp3) is 0.200. The van der Waals surface area contributed by atoms with Gasteiger partial charge in [-0.3, -0.25) is 0 Å². The van der Waals surface area contributed by atoms with Gasteiger partial charge in [0, 0.05) is 11.3 Å². The Balaban J connectivity index is 2.44. The predicted octanol–water partition coefficient (Wildman–Crippen LogP) is 1.64. The van der Waals surface area contributed by atoms with E-state index in [0.29, 0.717) is 11.6 Å². The van der Waals surface area contributed by atoms with Crippen molar-refractivity contribution < 1.29 is 9.15 Å². The molecule has 0 radical (unpaired) electrons. The van der Waals surface area contributed by atoms with Gasteiger partial charge in [0.2, 0.25) is 0 Å². The standard InChI is InChI=1S/C10H11N3O2/c1-6-5-7(11)3-4-8(6)9-12-13-10(14-2)15-9/h3-5H,11H2,1-2H3. The molecule has 2 N–H and O–H groups in total. The number of aryl methyl sites for hydroxylation is 1. The van der Waals surface area contributed by atoms with Crippen molar-refractivity contribution in [1.29, 1.82) is 0 Å². The molecule has 0 saturated carbocycles. The van der Waals surface area contributed by atoms with Crippen molar-refractivity contribution >= 4 is 5.69 Å². The number of hydrogen-bond acceptors (Lipinski definition) is 5. The van der Waals surface area contributed by atoms with Gasteiger partial charge < -0.3 is 14.9 Å². The number of nitrogen functional groups attached to an aromatic ring is 1. The Morgan fingerprint density at radius 2 is 2.13 bits per heavy atom. The first-order valence-electron chi connectivity index (χ1n) is 4.44. The van der Waals surface area contributed by atoms with Gasteiger partial charge in [-0.1, -0.05) is 5.10 Å². The number of anilines is 1. The average molecular weight is 205 g/mol. The van der Waals surface area contributed by atoms with Crippen molar-refractivity contribution in [2.75, 3.05) is 12.8 Å². The van der Waals surface area contributed by atoms with Crippen LogP contribution in [0.4, 0.5) is 5.69 Å². The number of benzene rings is 1. The van der Waals surface area contributed by atoms with Gasteiger partial charge in [0.1, 0.15) is 0 Å². The fourth-order valence-corrected chi connectivity index (χ4v) is 1.33. The van der Waals surface area contributed by atoms with Crippen LogP contribution in [0, 0.1) is 6.92 Å². The molecule has 1 heterocycles. The SMILES string of the molecule is COc1nnc(-c2ccc(N)cc2C)o1. The quantitative estimate of drug-likeness (QED) is 0.754. The Morgan fingerprint density at radius 3 is 2.73 bits per heavy atom. The van der Waals surface area contributed by atoms with Crippen molar-refractivity contribution in [3.8, 4) is 17.5 Å². The van der Waals surface area contributed by atoms with Crippen LogP contribution in [-0.4, -0.2) is 17.3 Å². The van der Waals surface area contributed by atoms with Crippen molar-refractivity contribution in [3.05, 3.63) is 23.8 Å². The molecule has 2 rings (SSSR count). The highest BCUT2D eigenvalue weighted by Gasteiger charge is 2.10. The van der Waals surface area contributed by atoms with Crippen LogP contribution in [0.1, 0.15) is 5.56 Å². The van der Waals surface area contributed by atoms with Crippen LogP contribution in [0.2, 0.25) is 0 Å². The van der Waals surface area contributed by atoms with Crippen LogP contribution in [0.5, 0.6) is 6.08 Å². The Kier molecular flexibility index (Phi) is 2.29. The molecule has 1 aromatic carbocycles. The highest BCUT2D eigenvalue weighted by Crippen LogP contribution is 2.25. The second kappa shape index (κ2) is 3.61. The summed E-state index contributed by atoms with van der Waals surface area (Å²) < 4.78 is 10.1. The number of hydrogen-bond donors (Lipinski definition) is 1. The first-order chi connectivity index (χ1) is 7.20. The number of nitrogens with two attached hydrogens (primary N) is 1. The van der Waals surface area contributed by atoms with Crippen molar-refractivity contribution in [2.24, 2.45) is 0 Å². The van der Waals surface area contributed by atoms with E-state index in [0.717, 1.165) is 11.1 Å². The lowest BCUT2D eigenvalue weighted by atomic mass is 10.1. The van der Waals surface area contributed by atoms with Crippen LogP contribution < -0.4 is 10.5 Å². The normalized spacial score (nSPS) is 10.3. The summed E-state index contributed by atoms with van der Waals surface area (Å²) in [6.45, 7) is 1.93. The molecule has 0 bridgehead atoms. The molecule has 15 heavy (non-hydrogen) atoms. The Labute approximate surface area is 86.9 Å². The summed E-state index contributed by atoms with van der Waals surface area (Å²) in [6.07, 6.45) is 0.154. The fourth-order valence-electron chi connectivity index (χ4n) is 1.33. The number of methoxy groups -OCH3 is 1. The van der Waals surface area contributed by atoms with E-state index in [1.807, 2.05) is 19.1 Å².